The van der Waals surface area contributed by atoms with Gasteiger partial charge in [0.2, 0.25) is 6.41 Å². The molecule has 0 aromatic rings. The number of carbonyl (C=O) groups excluding carboxylic acids is 1. The molecule has 12 heavy (non-hydrogen) atoms. The van der Waals surface area contributed by atoms with Crippen LogP contribution >= 0.6 is 0 Å². The van der Waals surface area contributed by atoms with Gasteiger partial charge < -0.3 is 0 Å². The Kier molecular flexibility index (Phi) is 3.23. The smallest absolute Gasteiger partial charge is 0.257 e. The molecule has 1 amide bonds. The molecule has 0 unspecified atom stereocenters. The number of nitrogens with zero attached hydrogens (tertiary/aromatic N) is 1. The molecule has 0 aromatic carbocycles. The van der Waals surface area contributed by atoms with E-state index in [-0.39, 0.29) is 6.41 Å². The van der Waals surface area contributed by atoms with Gasteiger partial charge in [0, 0.05) is 0 Å². The van der Waals surface area contributed by atoms with E-state index in [4.69, 9.17) is 4.84 Å². The Morgan fingerprint density at radius 3 is 1.83 bits per heavy atom. The number of amides is 1. The first-order chi connectivity index (χ1) is 5.17. The first-order valence-electron chi connectivity index (χ1n) is 3.30. The molecule has 0 N–H and O–H groups in total. The lowest BCUT2D eigenvalue weighted by molar-refractivity contribution is -0.176. The summed E-state index contributed by atoms with van der Waals surface area (Å²) in [5.41, 5.74) is -0.704. The van der Waals surface area contributed by atoms with E-state index < -0.39 is 15.6 Å². The standard InChI is InChI=1S/C6H13NO4S/c1-6(2,3)11-7(5-8)12(4,9)10/h5H,1-4H3. The zero-order chi connectivity index (χ0) is 9.99. The average molecular weight is 195 g/mol. The van der Waals surface area contributed by atoms with Gasteiger partial charge in [0.15, 0.2) is 0 Å². The summed E-state index contributed by atoms with van der Waals surface area (Å²) < 4.78 is 21.9. The second kappa shape index (κ2) is 3.40. The van der Waals surface area contributed by atoms with Crippen molar-refractivity contribution in [2.45, 2.75) is 26.4 Å². The summed E-state index contributed by atoms with van der Waals surface area (Å²) in [6.45, 7) is 4.94. The van der Waals surface area contributed by atoms with Crippen LogP contribution in [0.15, 0.2) is 0 Å². The van der Waals surface area contributed by atoms with E-state index in [9.17, 15) is 13.2 Å². The summed E-state index contributed by atoms with van der Waals surface area (Å²) in [6, 6.07) is 0. The third-order valence-corrected chi connectivity index (χ3v) is 1.59. The highest BCUT2D eigenvalue weighted by atomic mass is 32.2. The van der Waals surface area contributed by atoms with Crippen LogP contribution in [-0.4, -0.2) is 31.2 Å². The largest absolute Gasteiger partial charge is 0.275 e. The minimum absolute atomic E-state index is 0.126. The quantitative estimate of drug-likeness (QED) is 0.474. The monoisotopic (exact) mass is 195 g/mol. The van der Waals surface area contributed by atoms with Gasteiger partial charge in [-0.05, 0) is 20.8 Å². The second-order valence-corrected chi connectivity index (χ2v) is 5.15. The van der Waals surface area contributed by atoms with Crippen molar-refractivity contribution in [2.75, 3.05) is 6.26 Å². The van der Waals surface area contributed by atoms with Gasteiger partial charge >= 0.3 is 0 Å². The summed E-state index contributed by atoms with van der Waals surface area (Å²) in [5.74, 6) is 0. The number of rotatable bonds is 3. The maximum atomic E-state index is 10.8. The Morgan fingerprint density at radius 2 is 1.75 bits per heavy atom. The van der Waals surface area contributed by atoms with Gasteiger partial charge in [-0.1, -0.05) is 0 Å². The van der Waals surface area contributed by atoms with Crippen molar-refractivity contribution in [1.29, 1.82) is 0 Å². The molecule has 0 rings (SSSR count). The van der Waals surface area contributed by atoms with Gasteiger partial charge in [0.1, 0.15) is 0 Å². The lowest BCUT2D eigenvalue weighted by Gasteiger charge is -2.24. The molecule has 6 heteroatoms. The van der Waals surface area contributed by atoms with Crippen LogP contribution in [0.5, 0.6) is 0 Å². The third kappa shape index (κ3) is 4.30. The lowest BCUT2D eigenvalue weighted by Crippen LogP contribution is -2.36. The molecule has 0 heterocycles. The van der Waals surface area contributed by atoms with Gasteiger partial charge in [-0.2, -0.15) is 0 Å². The minimum Gasteiger partial charge on any atom is -0.275 e. The van der Waals surface area contributed by atoms with Crippen LogP contribution in [0.25, 0.3) is 0 Å². The fraction of sp³-hybridized carbons (Fsp3) is 0.833. The van der Waals surface area contributed by atoms with E-state index in [0.29, 0.717) is 4.47 Å². The minimum atomic E-state index is -3.61. The summed E-state index contributed by atoms with van der Waals surface area (Å²) >= 11 is 0. The highest BCUT2D eigenvalue weighted by molar-refractivity contribution is 7.88. The molecular formula is C6H13NO4S. The van der Waals surface area contributed by atoms with E-state index in [2.05, 4.69) is 0 Å². The van der Waals surface area contributed by atoms with Gasteiger partial charge in [0.05, 0.1) is 11.9 Å². The molecule has 5 nitrogen and oxygen atoms in total. The second-order valence-electron chi connectivity index (χ2n) is 3.33. The van der Waals surface area contributed by atoms with Crippen molar-refractivity contribution in [1.82, 2.24) is 4.47 Å². The highest BCUT2D eigenvalue weighted by Gasteiger charge is 2.22. The molecule has 0 radical (unpaired) electrons. The van der Waals surface area contributed by atoms with Crippen LogP contribution < -0.4 is 0 Å². The van der Waals surface area contributed by atoms with Crippen molar-refractivity contribution in [2.24, 2.45) is 0 Å². The SMILES string of the molecule is CC(C)(C)ON(C=O)S(C)(=O)=O. The maximum absolute atomic E-state index is 10.8. The molecule has 0 aliphatic carbocycles. The predicted octanol–water partition coefficient (Wildman–Crippen LogP) is 0.135. The molecule has 0 aromatic heterocycles. The Labute approximate surface area is 72.3 Å². The normalized spacial score (nSPS) is 12.7. The Morgan fingerprint density at radius 1 is 1.33 bits per heavy atom. The number of hydrogen-bond donors (Lipinski definition) is 0. The van der Waals surface area contributed by atoms with Gasteiger partial charge in [-0.25, -0.2) is 8.42 Å². The first kappa shape index (κ1) is 11.4. The van der Waals surface area contributed by atoms with E-state index in [1.807, 2.05) is 0 Å². The Bertz CT molecular complexity index is 251. The predicted molar refractivity (Wildman–Crippen MR) is 43.6 cm³/mol. The maximum Gasteiger partial charge on any atom is 0.257 e. The van der Waals surface area contributed by atoms with Crippen LogP contribution in [0.1, 0.15) is 20.8 Å². The molecule has 0 atom stereocenters. The topological polar surface area (TPSA) is 63.7 Å². The Hall–Kier alpha value is -0.620. The van der Waals surface area contributed by atoms with E-state index in [0.717, 1.165) is 6.26 Å². The van der Waals surface area contributed by atoms with Crippen LogP contribution in [0.2, 0.25) is 0 Å². The third-order valence-electron chi connectivity index (χ3n) is 0.777. The van der Waals surface area contributed by atoms with Crippen LogP contribution in [-0.2, 0) is 19.7 Å². The van der Waals surface area contributed by atoms with Gasteiger partial charge in [0.25, 0.3) is 10.0 Å². The zero-order valence-corrected chi connectivity index (χ0v) is 8.38. The number of sulfonamides is 1. The van der Waals surface area contributed by atoms with Crippen molar-refractivity contribution >= 4 is 16.4 Å². The zero-order valence-electron chi connectivity index (χ0n) is 7.57. The van der Waals surface area contributed by atoms with Crippen molar-refractivity contribution in [3.63, 3.8) is 0 Å². The van der Waals surface area contributed by atoms with Crippen molar-refractivity contribution < 1.29 is 18.0 Å². The summed E-state index contributed by atoms with van der Waals surface area (Å²) in [7, 11) is -3.61. The Balaban J connectivity index is 4.52. The molecule has 0 spiro atoms. The molecule has 0 fully saturated rings. The lowest BCUT2D eigenvalue weighted by atomic mass is 10.2. The van der Waals surface area contributed by atoms with Crippen molar-refractivity contribution in [3.8, 4) is 0 Å². The van der Waals surface area contributed by atoms with E-state index >= 15 is 0 Å². The molecular weight excluding hydrogens is 182 g/mol. The summed E-state index contributed by atoms with van der Waals surface area (Å²) in [4.78, 5) is 15.1. The van der Waals surface area contributed by atoms with Crippen LogP contribution in [0, 0.1) is 0 Å². The molecule has 0 saturated heterocycles. The van der Waals surface area contributed by atoms with Crippen LogP contribution in [0.4, 0.5) is 0 Å². The fourth-order valence-corrected chi connectivity index (χ4v) is 0.953. The first-order valence-corrected chi connectivity index (χ1v) is 5.15. The van der Waals surface area contributed by atoms with Crippen LogP contribution in [0.3, 0.4) is 0 Å². The number of hydroxylamine groups is 1. The molecule has 0 saturated carbocycles. The highest BCUT2D eigenvalue weighted by Crippen LogP contribution is 2.10. The van der Waals surface area contributed by atoms with Gasteiger partial charge in [-0.3, -0.25) is 9.63 Å². The molecule has 0 aliphatic heterocycles. The fourth-order valence-electron chi connectivity index (χ4n) is 0.437. The summed E-state index contributed by atoms with van der Waals surface area (Å²) in [6.07, 6.45) is 1.02. The van der Waals surface area contributed by atoms with Gasteiger partial charge in [-0.15, -0.1) is 4.47 Å². The summed E-state index contributed by atoms with van der Waals surface area (Å²) in [5, 5.41) is 0. The number of carbonyl (C=O) groups is 1. The molecule has 0 bridgehead atoms. The molecule has 72 valence electrons. The van der Waals surface area contributed by atoms with Crippen molar-refractivity contribution in [3.05, 3.63) is 0 Å². The molecule has 0 aliphatic rings. The van der Waals surface area contributed by atoms with E-state index in [1.165, 1.54) is 0 Å². The number of hydrogen-bond acceptors (Lipinski definition) is 4. The van der Waals surface area contributed by atoms with E-state index in [1.54, 1.807) is 20.8 Å². The average Bonchev–Trinajstić information content (AvgIpc) is 1.78.